The van der Waals surface area contributed by atoms with E-state index in [2.05, 4.69) is 19.9 Å². The number of nitrogens with zero attached hydrogens (tertiary/aromatic N) is 6. The number of aromatic nitrogens is 6. The molecule has 29 heavy (non-hydrogen) atoms. The summed E-state index contributed by atoms with van der Waals surface area (Å²) in [6.45, 7) is 4.13. The monoisotopic (exact) mass is 419 g/mol. The minimum absolute atomic E-state index is 0.0811. The lowest BCUT2D eigenvalue weighted by molar-refractivity contribution is 0.181. The van der Waals surface area contributed by atoms with Gasteiger partial charge in [0.05, 0.1) is 31.6 Å². The Kier molecular flexibility index (Phi) is 5.06. The minimum Gasteiger partial charge on any atom is -0.377 e. The van der Waals surface area contributed by atoms with Crippen LogP contribution < -0.4 is 10.3 Å². The third-order valence-electron chi connectivity index (χ3n) is 4.67. The largest absolute Gasteiger partial charge is 0.377 e. The predicted molar refractivity (Wildman–Crippen MR) is 102 cm³/mol. The Hall–Kier alpha value is -2.83. The molecule has 3 aromatic rings. The van der Waals surface area contributed by atoms with Crippen LogP contribution >= 0.6 is 0 Å². The van der Waals surface area contributed by atoms with Crippen LogP contribution in [0.4, 0.5) is 0 Å². The molecule has 12 heteroatoms. The SMILES string of the molecule is CC(C)n1cnc(S(=O)(=O)NC2COCC2n2nc(-n3cccn3)ccc2=O)c1. The molecular weight excluding hydrogens is 398 g/mol. The van der Waals surface area contributed by atoms with E-state index in [4.69, 9.17) is 4.74 Å². The van der Waals surface area contributed by atoms with Crippen LogP contribution in [0.1, 0.15) is 25.9 Å². The van der Waals surface area contributed by atoms with Gasteiger partial charge in [-0.15, -0.1) is 5.10 Å². The van der Waals surface area contributed by atoms with Crippen LogP contribution in [0.5, 0.6) is 0 Å². The quantitative estimate of drug-likeness (QED) is 0.602. The standard InChI is InChI=1S/C17H21N7O4S/c1-12(2)22-8-16(18-11-22)29(26,27)21-13-9-28-10-14(13)24-17(25)5-4-15(20-24)23-7-3-6-19-23/h3-8,11-14,21H,9-10H2,1-2H3. The van der Waals surface area contributed by atoms with Gasteiger partial charge in [-0.3, -0.25) is 4.79 Å². The van der Waals surface area contributed by atoms with E-state index in [-0.39, 0.29) is 29.8 Å². The van der Waals surface area contributed by atoms with Gasteiger partial charge >= 0.3 is 0 Å². The van der Waals surface area contributed by atoms with Crippen molar-refractivity contribution in [2.24, 2.45) is 0 Å². The van der Waals surface area contributed by atoms with E-state index < -0.39 is 22.1 Å². The molecule has 0 radical (unpaired) electrons. The van der Waals surface area contributed by atoms with Gasteiger partial charge in [0.1, 0.15) is 0 Å². The van der Waals surface area contributed by atoms with E-state index in [9.17, 15) is 13.2 Å². The number of ether oxygens (including phenoxy) is 1. The molecule has 4 rings (SSSR count). The molecule has 1 N–H and O–H groups in total. The van der Waals surface area contributed by atoms with Crippen LogP contribution in [0.15, 0.2) is 52.9 Å². The number of sulfonamides is 1. The van der Waals surface area contributed by atoms with Gasteiger partial charge in [-0.05, 0) is 26.0 Å². The van der Waals surface area contributed by atoms with Crippen LogP contribution in [0.2, 0.25) is 0 Å². The average Bonchev–Trinajstić information content (AvgIpc) is 3.43. The van der Waals surface area contributed by atoms with Crippen molar-refractivity contribution in [2.45, 2.75) is 37.0 Å². The smallest absolute Gasteiger partial charge is 0.267 e. The van der Waals surface area contributed by atoms with Crippen molar-refractivity contribution in [1.82, 2.24) is 33.8 Å². The van der Waals surface area contributed by atoms with Crippen LogP contribution in [0, 0.1) is 0 Å². The molecule has 1 aliphatic rings. The Balaban J connectivity index is 1.61. The minimum atomic E-state index is -3.89. The van der Waals surface area contributed by atoms with Gasteiger partial charge in [0.25, 0.3) is 15.6 Å². The van der Waals surface area contributed by atoms with E-state index in [1.807, 2.05) is 13.8 Å². The first-order chi connectivity index (χ1) is 13.8. The molecule has 1 fully saturated rings. The highest BCUT2D eigenvalue weighted by atomic mass is 32.2. The first-order valence-electron chi connectivity index (χ1n) is 9.08. The molecular formula is C17H21N7O4S. The van der Waals surface area contributed by atoms with Gasteiger partial charge in [0.2, 0.25) is 0 Å². The zero-order valence-electron chi connectivity index (χ0n) is 15.9. The highest BCUT2D eigenvalue weighted by Gasteiger charge is 2.35. The normalized spacial score (nSPS) is 19.8. The fourth-order valence-corrected chi connectivity index (χ4v) is 4.27. The Morgan fingerprint density at radius 2 is 2.10 bits per heavy atom. The van der Waals surface area contributed by atoms with E-state index in [0.717, 1.165) is 0 Å². The molecule has 0 amide bonds. The summed E-state index contributed by atoms with van der Waals surface area (Å²) >= 11 is 0. The Morgan fingerprint density at radius 1 is 1.28 bits per heavy atom. The molecule has 1 saturated heterocycles. The van der Waals surface area contributed by atoms with Gasteiger partial charge in [0.15, 0.2) is 10.8 Å². The molecule has 0 aliphatic carbocycles. The number of rotatable bonds is 6. The Morgan fingerprint density at radius 3 is 2.79 bits per heavy atom. The van der Waals surface area contributed by atoms with Crippen LogP contribution in [-0.4, -0.2) is 56.8 Å². The first-order valence-corrected chi connectivity index (χ1v) is 10.6. The number of imidazole rings is 1. The lowest BCUT2D eigenvalue weighted by atomic mass is 10.2. The molecule has 0 spiro atoms. The highest BCUT2D eigenvalue weighted by Crippen LogP contribution is 2.20. The average molecular weight is 419 g/mol. The second-order valence-electron chi connectivity index (χ2n) is 7.01. The number of nitrogens with one attached hydrogen (secondary N) is 1. The maximum absolute atomic E-state index is 12.8. The third-order valence-corrected chi connectivity index (χ3v) is 6.05. The second kappa shape index (κ2) is 7.54. The van der Waals surface area contributed by atoms with E-state index in [0.29, 0.717) is 5.82 Å². The maximum Gasteiger partial charge on any atom is 0.267 e. The van der Waals surface area contributed by atoms with Crippen molar-refractivity contribution >= 4 is 10.0 Å². The highest BCUT2D eigenvalue weighted by molar-refractivity contribution is 7.89. The van der Waals surface area contributed by atoms with Gasteiger partial charge in [0, 0.05) is 30.7 Å². The van der Waals surface area contributed by atoms with Crippen molar-refractivity contribution in [3.8, 4) is 5.82 Å². The maximum atomic E-state index is 12.8. The second-order valence-corrected chi connectivity index (χ2v) is 8.67. The summed E-state index contributed by atoms with van der Waals surface area (Å²) in [5.74, 6) is 0.443. The molecule has 0 saturated carbocycles. The lowest BCUT2D eigenvalue weighted by Crippen LogP contribution is -2.44. The van der Waals surface area contributed by atoms with Gasteiger partial charge in [-0.1, -0.05) is 0 Å². The van der Waals surface area contributed by atoms with Gasteiger partial charge in [-0.25, -0.2) is 27.5 Å². The molecule has 2 unspecified atom stereocenters. The van der Waals surface area contributed by atoms with Crippen LogP contribution in [-0.2, 0) is 14.8 Å². The van der Waals surface area contributed by atoms with Crippen molar-refractivity contribution in [1.29, 1.82) is 0 Å². The van der Waals surface area contributed by atoms with E-state index >= 15 is 0 Å². The number of hydrogen-bond donors (Lipinski definition) is 1. The Bertz CT molecular complexity index is 1150. The summed E-state index contributed by atoms with van der Waals surface area (Å²) in [5.41, 5.74) is -0.357. The lowest BCUT2D eigenvalue weighted by Gasteiger charge is -2.20. The fourth-order valence-electron chi connectivity index (χ4n) is 3.07. The van der Waals surface area contributed by atoms with E-state index in [1.165, 1.54) is 28.0 Å². The number of hydrogen-bond acceptors (Lipinski definition) is 7. The molecule has 1 aliphatic heterocycles. The van der Waals surface area contributed by atoms with Crippen molar-refractivity contribution < 1.29 is 13.2 Å². The van der Waals surface area contributed by atoms with Crippen LogP contribution in [0.3, 0.4) is 0 Å². The fraction of sp³-hybridized carbons (Fsp3) is 0.412. The van der Waals surface area contributed by atoms with Crippen molar-refractivity contribution in [3.05, 3.63) is 53.5 Å². The molecule has 0 bridgehead atoms. The predicted octanol–water partition coefficient (Wildman–Crippen LogP) is 0.125. The summed E-state index contributed by atoms with van der Waals surface area (Å²) in [6, 6.07) is 3.49. The molecule has 154 valence electrons. The van der Waals surface area contributed by atoms with Crippen LogP contribution in [0.25, 0.3) is 5.82 Å². The zero-order valence-corrected chi connectivity index (χ0v) is 16.7. The summed E-state index contributed by atoms with van der Waals surface area (Å²) in [7, 11) is -3.89. The molecule has 2 atom stereocenters. The molecule has 3 aromatic heterocycles. The topological polar surface area (TPSA) is 126 Å². The zero-order chi connectivity index (χ0) is 20.6. The molecule has 0 aromatic carbocycles. The summed E-state index contributed by atoms with van der Waals surface area (Å²) in [4.78, 5) is 16.4. The summed E-state index contributed by atoms with van der Waals surface area (Å²) < 4.78 is 38.1. The van der Waals surface area contributed by atoms with E-state index in [1.54, 1.807) is 29.1 Å². The van der Waals surface area contributed by atoms with Crippen molar-refractivity contribution in [2.75, 3.05) is 13.2 Å². The Labute approximate surface area is 167 Å². The van der Waals surface area contributed by atoms with Gasteiger partial charge < -0.3 is 9.30 Å². The first kappa shape index (κ1) is 19.5. The molecule has 4 heterocycles. The van der Waals surface area contributed by atoms with Crippen molar-refractivity contribution in [3.63, 3.8) is 0 Å². The third kappa shape index (κ3) is 3.86. The molecule has 11 nitrogen and oxygen atoms in total. The summed E-state index contributed by atoms with van der Waals surface area (Å²) in [5, 5.41) is 8.37. The van der Waals surface area contributed by atoms with Gasteiger partial charge in [-0.2, -0.15) is 5.10 Å². The summed E-state index contributed by atoms with van der Waals surface area (Å²) in [6.07, 6.45) is 6.25.